The van der Waals surface area contributed by atoms with Crippen LogP contribution >= 0.6 is 11.6 Å². The molecule has 0 spiro atoms. The predicted molar refractivity (Wildman–Crippen MR) is 74.7 cm³/mol. The van der Waals surface area contributed by atoms with Crippen LogP contribution in [0.3, 0.4) is 0 Å². The monoisotopic (exact) mass is 297 g/mol. The quantitative estimate of drug-likeness (QED) is 0.887. The molecule has 0 aliphatic carbocycles. The highest BCUT2D eigenvalue weighted by atomic mass is 35.5. The summed E-state index contributed by atoms with van der Waals surface area (Å²) in [6, 6.07) is 7.96. The van der Waals surface area contributed by atoms with Crippen LogP contribution in [0.25, 0.3) is 0 Å². The van der Waals surface area contributed by atoms with Gasteiger partial charge in [0.15, 0.2) is 0 Å². The number of phenolic OH excluding ortho intramolecular Hbond substituents is 1. The largest absolute Gasteiger partial charge is 0.508 e. The first-order valence-corrected chi connectivity index (χ1v) is 6.51. The Kier molecular flexibility index (Phi) is 4.57. The minimum absolute atomic E-state index is 0.0804. The van der Waals surface area contributed by atoms with E-state index in [1.165, 1.54) is 18.2 Å². The van der Waals surface area contributed by atoms with Gasteiger partial charge in [0, 0.05) is 34.8 Å². The zero-order chi connectivity index (χ0) is 14.7. The summed E-state index contributed by atoms with van der Waals surface area (Å²) >= 11 is 5.99. The Morgan fingerprint density at radius 1 is 1.25 bits per heavy atom. The molecule has 1 atom stereocenters. The van der Waals surface area contributed by atoms with Crippen molar-refractivity contribution in [2.75, 3.05) is 0 Å². The van der Waals surface area contributed by atoms with E-state index in [9.17, 15) is 13.9 Å². The van der Waals surface area contributed by atoms with Crippen LogP contribution in [0.5, 0.6) is 5.75 Å². The van der Waals surface area contributed by atoms with E-state index >= 15 is 0 Å². The molecule has 2 aromatic rings. The summed E-state index contributed by atoms with van der Waals surface area (Å²) in [5, 5.41) is 13.2. The molecule has 0 aliphatic heterocycles. The van der Waals surface area contributed by atoms with Crippen LogP contribution < -0.4 is 5.32 Å². The first-order chi connectivity index (χ1) is 9.49. The zero-order valence-corrected chi connectivity index (χ0v) is 11.6. The van der Waals surface area contributed by atoms with E-state index in [4.69, 9.17) is 11.6 Å². The third kappa shape index (κ3) is 3.26. The van der Waals surface area contributed by atoms with E-state index in [1.807, 2.05) is 0 Å². The standard InChI is InChI=1S/C15H14ClF2NO/c1-9(11-6-5-10(17)7-14(11)18)19-8-12-13(16)3-2-4-15(12)20/h2-7,9,19-20H,8H2,1H3. The molecule has 106 valence electrons. The molecular formula is C15H14ClF2NO. The lowest BCUT2D eigenvalue weighted by Crippen LogP contribution is -2.19. The summed E-state index contributed by atoms with van der Waals surface area (Å²) < 4.78 is 26.5. The van der Waals surface area contributed by atoms with E-state index in [0.717, 1.165) is 6.07 Å². The minimum atomic E-state index is -0.609. The van der Waals surface area contributed by atoms with Gasteiger partial charge in [0.1, 0.15) is 17.4 Å². The van der Waals surface area contributed by atoms with Gasteiger partial charge in [-0.2, -0.15) is 0 Å². The molecule has 0 saturated carbocycles. The number of aromatic hydroxyl groups is 1. The molecule has 0 aliphatic rings. The molecule has 2 rings (SSSR count). The van der Waals surface area contributed by atoms with Crippen LogP contribution in [0.2, 0.25) is 5.02 Å². The van der Waals surface area contributed by atoms with Gasteiger partial charge < -0.3 is 10.4 Å². The van der Waals surface area contributed by atoms with E-state index in [0.29, 0.717) is 16.1 Å². The molecule has 2 aromatic carbocycles. The molecule has 0 radical (unpaired) electrons. The number of hydrogen-bond donors (Lipinski definition) is 2. The highest BCUT2D eigenvalue weighted by Crippen LogP contribution is 2.26. The van der Waals surface area contributed by atoms with Crippen LogP contribution in [0.1, 0.15) is 24.1 Å². The number of phenols is 1. The van der Waals surface area contributed by atoms with Crippen LogP contribution in [0.15, 0.2) is 36.4 Å². The fourth-order valence-electron chi connectivity index (χ4n) is 1.94. The molecule has 0 saturated heterocycles. The predicted octanol–water partition coefficient (Wildman–Crippen LogP) is 4.17. The molecule has 2 nitrogen and oxygen atoms in total. The third-order valence-electron chi connectivity index (χ3n) is 3.11. The number of hydrogen-bond acceptors (Lipinski definition) is 2. The lowest BCUT2D eigenvalue weighted by Gasteiger charge is -2.16. The Balaban J connectivity index is 2.11. The van der Waals surface area contributed by atoms with Gasteiger partial charge in [0.05, 0.1) is 0 Å². The molecule has 5 heteroatoms. The second kappa shape index (κ2) is 6.20. The van der Waals surface area contributed by atoms with Gasteiger partial charge in [-0.25, -0.2) is 8.78 Å². The molecule has 0 amide bonds. The lowest BCUT2D eigenvalue weighted by atomic mass is 10.1. The lowest BCUT2D eigenvalue weighted by molar-refractivity contribution is 0.458. The first kappa shape index (κ1) is 14.8. The maximum absolute atomic E-state index is 13.6. The molecular weight excluding hydrogens is 284 g/mol. The van der Waals surface area contributed by atoms with Gasteiger partial charge in [0.25, 0.3) is 0 Å². The van der Waals surface area contributed by atoms with Crippen molar-refractivity contribution in [3.8, 4) is 5.75 Å². The van der Waals surface area contributed by atoms with Gasteiger partial charge >= 0.3 is 0 Å². The average molecular weight is 298 g/mol. The van der Waals surface area contributed by atoms with Crippen molar-refractivity contribution < 1.29 is 13.9 Å². The van der Waals surface area contributed by atoms with Crippen LogP contribution in [-0.2, 0) is 6.54 Å². The first-order valence-electron chi connectivity index (χ1n) is 6.13. The molecule has 0 bridgehead atoms. The van der Waals surface area contributed by atoms with Crippen molar-refractivity contribution in [3.05, 3.63) is 64.2 Å². The molecule has 0 aromatic heterocycles. The Bertz CT molecular complexity index is 599. The summed E-state index contributed by atoms with van der Waals surface area (Å²) in [4.78, 5) is 0. The van der Waals surface area contributed by atoms with Gasteiger partial charge in [-0.15, -0.1) is 0 Å². The smallest absolute Gasteiger partial charge is 0.130 e. The summed E-state index contributed by atoms with van der Waals surface area (Å²) in [5.74, 6) is -1.13. The Hall–Kier alpha value is -1.65. The van der Waals surface area contributed by atoms with Gasteiger partial charge in [-0.1, -0.05) is 23.7 Å². The SMILES string of the molecule is CC(NCc1c(O)cccc1Cl)c1ccc(F)cc1F. The topological polar surface area (TPSA) is 32.3 Å². The molecule has 1 unspecified atom stereocenters. The van der Waals surface area contributed by atoms with Crippen LogP contribution in [-0.4, -0.2) is 5.11 Å². The summed E-state index contributed by atoms with van der Waals surface area (Å²) in [6.45, 7) is 2.04. The highest BCUT2D eigenvalue weighted by molar-refractivity contribution is 6.31. The van der Waals surface area contributed by atoms with Crippen molar-refractivity contribution in [2.45, 2.75) is 19.5 Å². The van der Waals surface area contributed by atoms with Crippen molar-refractivity contribution in [1.29, 1.82) is 0 Å². The molecule has 0 fully saturated rings. The van der Waals surface area contributed by atoms with Gasteiger partial charge in [-0.3, -0.25) is 0 Å². The van der Waals surface area contributed by atoms with E-state index in [1.54, 1.807) is 19.1 Å². The Labute approximate surface area is 121 Å². The maximum Gasteiger partial charge on any atom is 0.130 e. The maximum atomic E-state index is 13.6. The minimum Gasteiger partial charge on any atom is -0.508 e. The summed E-state index contributed by atoms with van der Waals surface area (Å²) in [6.07, 6.45) is 0. The summed E-state index contributed by atoms with van der Waals surface area (Å²) in [7, 11) is 0. The fraction of sp³-hybridized carbons (Fsp3) is 0.200. The molecule has 0 heterocycles. The normalized spacial score (nSPS) is 12.4. The second-order valence-corrected chi connectivity index (χ2v) is 4.91. The van der Waals surface area contributed by atoms with Crippen molar-refractivity contribution in [3.63, 3.8) is 0 Å². The van der Waals surface area contributed by atoms with Crippen molar-refractivity contribution >= 4 is 11.6 Å². The Morgan fingerprint density at radius 2 is 2.00 bits per heavy atom. The molecule has 20 heavy (non-hydrogen) atoms. The van der Waals surface area contributed by atoms with E-state index < -0.39 is 11.6 Å². The number of halogens is 3. The molecule has 2 N–H and O–H groups in total. The fourth-order valence-corrected chi connectivity index (χ4v) is 2.18. The van der Waals surface area contributed by atoms with Gasteiger partial charge in [-0.05, 0) is 25.1 Å². The zero-order valence-electron chi connectivity index (χ0n) is 10.8. The van der Waals surface area contributed by atoms with Crippen LogP contribution in [0, 0.1) is 11.6 Å². The van der Waals surface area contributed by atoms with Crippen molar-refractivity contribution in [2.24, 2.45) is 0 Å². The summed E-state index contributed by atoms with van der Waals surface area (Å²) in [5.41, 5.74) is 0.904. The average Bonchev–Trinajstić information content (AvgIpc) is 2.37. The van der Waals surface area contributed by atoms with Crippen LogP contribution in [0.4, 0.5) is 8.78 Å². The second-order valence-electron chi connectivity index (χ2n) is 4.51. The van der Waals surface area contributed by atoms with Crippen molar-refractivity contribution in [1.82, 2.24) is 5.32 Å². The van der Waals surface area contributed by atoms with Gasteiger partial charge in [0.2, 0.25) is 0 Å². The number of nitrogens with one attached hydrogen (secondary N) is 1. The third-order valence-corrected chi connectivity index (χ3v) is 3.46. The highest BCUT2D eigenvalue weighted by Gasteiger charge is 2.13. The number of rotatable bonds is 4. The number of benzene rings is 2. The van der Waals surface area contributed by atoms with E-state index in [-0.39, 0.29) is 18.3 Å². The Morgan fingerprint density at radius 3 is 2.65 bits per heavy atom. The van der Waals surface area contributed by atoms with E-state index in [2.05, 4.69) is 5.32 Å².